The summed E-state index contributed by atoms with van der Waals surface area (Å²) in [6, 6.07) is 11.0. The highest BCUT2D eigenvalue weighted by molar-refractivity contribution is 7.99. The highest BCUT2D eigenvalue weighted by Crippen LogP contribution is 2.30. The molecule has 0 saturated heterocycles. The third-order valence-corrected chi connectivity index (χ3v) is 5.01. The van der Waals surface area contributed by atoms with Crippen LogP contribution in [0.4, 0.5) is 5.69 Å². The number of aromatic nitrogens is 4. The molecule has 0 spiro atoms. The van der Waals surface area contributed by atoms with Gasteiger partial charge in [0.15, 0.2) is 16.1 Å². The molecule has 0 atom stereocenters. The number of anilines is 1. The number of carbonyl (C=O) groups is 1. The Labute approximate surface area is 166 Å². The molecule has 3 rings (SSSR count). The molecule has 0 aliphatic rings. The Bertz CT molecular complexity index is 947. The van der Waals surface area contributed by atoms with Crippen LogP contribution in [0.15, 0.2) is 47.8 Å². The molecule has 1 amide bonds. The van der Waals surface area contributed by atoms with Crippen LogP contribution in [0, 0.1) is 0 Å². The minimum atomic E-state index is -0.195. The first-order valence-corrected chi connectivity index (χ1v) is 9.60. The summed E-state index contributed by atoms with van der Waals surface area (Å²) in [6.45, 7) is 2.67. The fourth-order valence-corrected chi connectivity index (χ4v) is 3.47. The molecule has 7 nitrogen and oxygen atoms in total. The molecule has 0 saturated carbocycles. The third kappa shape index (κ3) is 4.40. The Kier molecular flexibility index (Phi) is 6.31. The van der Waals surface area contributed by atoms with Crippen LogP contribution in [0.25, 0.3) is 11.4 Å². The number of ether oxygens (including phenoxy) is 1. The van der Waals surface area contributed by atoms with Gasteiger partial charge in [-0.2, -0.15) is 0 Å². The first-order valence-electron chi connectivity index (χ1n) is 8.23. The number of amides is 1. The van der Waals surface area contributed by atoms with Gasteiger partial charge < -0.3 is 14.6 Å². The summed E-state index contributed by atoms with van der Waals surface area (Å²) in [4.78, 5) is 16.2. The van der Waals surface area contributed by atoms with Crippen molar-refractivity contribution in [2.24, 2.45) is 0 Å². The third-order valence-electron chi connectivity index (χ3n) is 3.75. The minimum Gasteiger partial charge on any atom is -0.496 e. The standard InChI is InChI=1S/C18H18ClN5O2S/c1-3-24-17(12-7-4-5-9-14(12)26-2)22-23-18(24)27-11-15(25)21-13-8-6-10-20-16(13)19/h4-10H,3,11H2,1-2H3,(H,21,25). The Morgan fingerprint density at radius 2 is 2.07 bits per heavy atom. The molecule has 2 aromatic heterocycles. The van der Waals surface area contributed by atoms with Crippen molar-refractivity contribution >= 4 is 35.0 Å². The molecule has 27 heavy (non-hydrogen) atoms. The molecular weight excluding hydrogens is 386 g/mol. The first kappa shape index (κ1) is 19.2. The van der Waals surface area contributed by atoms with Crippen molar-refractivity contribution in [2.45, 2.75) is 18.6 Å². The van der Waals surface area contributed by atoms with Gasteiger partial charge in [0.1, 0.15) is 5.75 Å². The number of benzene rings is 1. The Hall–Kier alpha value is -2.58. The molecule has 1 N–H and O–H groups in total. The van der Waals surface area contributed by atoms with E-state index in [1.807, 2.05) is 35.8 Å². The number of carbonyl (C=O) groups excluding carboxylic acids is 1. The number of hydrogen-bond acceptors (Lipinski definition) is 6. The van der Waals surface area contributed by atoms with Crippen LogP contribution in [0.2, 0.25) is 5.15 Å². The van der Waals surface area contributed by atoms with Crippen LogP contribution >= 0.6 is 23.4 Å². The number of thioether (sulfide) groups is 1. The molecule has 0 bridgehead atoms. The molecule has 3 aromatic rings. The number of pyridine rings is 1. The lowest BCUT2D eigenvalue weighted by molar-refractivity contribution is -0.113. The van der Waals surface area contributed by atoms with E-state index in [0.717, 1.165) is 11.3 Å². The summed E-state index contributed by atoms with van der Waals surface area (Å²) < 4.78 is 7.37. The molecule has 140 valence electrons. The number of hydrogen-bond donors (Lipinski definition) is 1. The van der Waals surface area contributed by atoms with Crippen molar-refractivity contribution in [3.8, 4) is 17.1 Å². The Morgan fingerprint density at radius 3 is 2.81 bits per heavy atom. The lowest BCUT2D eigenvalue weighted by Crippen LogP contribution is -2.15. The zero-order valence-corrected chi connectivity index (χ0v) is 16.4. The summed E-state index contributed by atoms with van der Waals surface area (Å²) in [5.74, 6) is 1.41. The van der Waals surface area contributed by atoms with Gasteiger partial charge in [0.2, 0.25) is 5.91 Å². The van der Waals surface area contributed by atoms with E-state index in [9.17, 15) is 4.79 Å². The molecule has 0 aliphatic heterocycles. The summed E-state index contributed by atoms with van der Waals surface area (Å²) in [6.07, 6.45) is 1.57. The van der Waals surface area contributed by atoms with Gasteiger partial charge >= 0.3 is 0 Å². The zero-order valence-electron chi connectivity index (χ0n) is 14.8. The second-order valence-corrected chi connectivity index (χ2v) is 6.73. The van der Waals surface area contributed by atoms with Crippen molar-refractivity contribution < 1.29 is 9.53 Å². The molecule has 0 unspecified atom stereocenters. The van der Waals surface area contributed by atoms with Crippen molar-refractivity contribution in [3.05, 3.63) is 47.7 Å². The molecule has 9 heteroatoms. The first-order chi connectivity index (χ1) is 13.1. The summed E-state index contributed by atoms with van der Waals surface area (Å²) in [5.41, 5.74) is 1.34. The number of nitrogens with one attached hydrogen (secondary N) is 1. The number of para-hydroxylation sites is 1. The average Bonchev–Trinajstić information content (AvgIpc) is 3.10. The largest absolute Gasteiger partial charge is 0.496 e. The van der Waals surface area contributed by atoms with Crippen LogP contribution in [0.1, 0.15) is 6.92 Å². The van der Waals surface area contributed by atoms with Gasteiger partial charge in [0.25, 0.3) is 0 Å². The highest BCUT2D eigenvalue weighted by atomic mass is 35.5. The summed E-state index contributed by atoms with van der Waals surface area (Å²) >= 11 is 7.27. The quantitative estimate of drug-likeness (QED) is 0.478. The Balaban J connectivity index is 1.74. The van der Waals surface area contributed by atoms with Crippen LogP contribution < -0.4 is 10.1 Å². The monoisotopic (exact) mass is 403 g/mol. The van der Waals surface area contributed by atoms with Gasteiger partial charge in [-0.1, -0.05) is 35.5 Å². The van der Waals surface area contributed by atoms with Crippen LogP contribution in [-0.4, -0.2) is 38.5 Å². The van der Waals surface area contributed by atoms with Crippen molar-refractivity contribution in [1.82, 2.24) is 19.7 Å². The number of rotatable bonds is 7. The van der Waals surface area contributed by atoms with E-state index in [0.29, 0.717) is 23.2 Å². The number of nitrogens with zero attached hydrogens (tertiary/aromatic N) is 4. The normalized spacial score (nSPS) is 10.6. The highest BCUT2D eigenvalue weighted by Gasteiger charge is 2.17. The fraction of sp³-hybridized carbons (Fsp3) is 0.222. The maximum absolute atomic E-state index is 12.2. The van der Waals surface area contributed by atoms with E-state index in [1.165, 1.54) is 11.8 Å². The van der Waals surface area contributed by atoms with Crippen LogP contribution in [-0.2, 0) is 11.3 Å². The molecule has 0 fully saturated rings. The van der Waals surface area contributed by atoms with Gasteiger partial charge in [-0.05, 0) is 31.2 Å². The van der Waals surface area contributed by atoms with E-state index in [-0.39, 0.29) is 16.8 Å². The van der Waals surface area contributed by atoms with Gasteiger partial charge in [-0.25, -0.2) is 4.98 Å². The molecule has 1 aromatic carbocycles. The topological polar surface area (TPSA) is 81.9 Å². The lowest BCUT2D eigenvalue weighted by Gasteiger charge is -2.10. The van der Waals surface area contributed by atoms with Gasteiger partial charge in [0.05, 0.1) is 24.1 Å². The lowest BCUT2D eigenvalue weighted by atomic mass is 10.2. The van der Waals surface area contributed by atoms with E-state index in [2.05, 4.69) is 20.5 Å². The predicted octanol–water partition coefficient (Wildman–Crippen LogP) is 3.75. The van der Waals surface area contributed by atoms with Crippen molar-refractivity contribution in [3.63, 3.8) is 0 Å². The average molecular weight is 404 g/mol. The fourth-order valence-electron chi connectivity index (χ4n) is 2.50. The van der Waals surface area contributed by atoms with E-state index >= 15 is 0 Å². The maximum Gasteiger partial charge on any atom is 0.234 e. The summed E-state index contributed by atoms with van der Waals surface area (Å²) in [7, 11) is 1.62. The van der Waals surface area contributed by atoms with Gasteiger partial charge in [-0.3, -0.25) is 4.79 Å². The Morgan fingerprint density at radius 1 is 1.26 bits per heavy atom. The predicted molar refractivity (Wildman–Crippen MR) is 106 cm³/mol. The SMILES string of the molecule is CCn1c(SCC(=O)Nc2cccnc2Cl)nnc1-c1ccccc1OC. The van der Waals surface area contributed by atoms with Gasteiger partial charge in [-0.15, -0.1) is 10.2 Å². The van der Waals surface area contributed by atoms with E-state index in [4.69, 9.17) is 16.3 Å². The zero-order chi connectivity index (χ0) is 19.2. The number of halogens is 1. The minimum absolute atomic E-state index is 0.176. The van der Waals surface area contributed by atoms with Crippen molar-refractivity contribution in [1.29, 1.82) is 0 Å². The smallest absolute Gasteiger partial charge is 0.234 e. The van der Waals surface area contributed by atoms with Crippen LogP contribution in [0.5, 0.6) is 5.75 Å². The molecule has 2 heterocycles. The number of methoxy groups -OCH3 is 1. The van der Waals surface area contributed by atoms with E-state index < -0.39 is 0 Å². The molecular formula is C18H18ClN5O2S. The van der Waals surface area contributed by atoms with E-state index in [1.54, 1.807) is 25.4 Å². The maximum atomic E-state index is 12.2. The molecule has 0 aliphatic carbocycles. The van der Waals surface area contributed by atoms with Crippen LogP contribution in [0.3, 0.4) is 0 Å². The van der Waals surface area contributed by atoms with Crippen molar-refractivity contribution in [2.75, 3.05) is 18.2 Å². The summed E-state index contributed by atoms with van der Waals surface area (Å²) in [5, 5.41) is 12.2. The molecule has 0 radical (unpaired) electrons. The van der Waals surface area contributed by atoms with Gasteiger partial charge in [0, 0.05) is 12.7 Å². The second kappa shape index (κ2) is 8.88. The second-order valence-electron chi connectivity index (χ2n) is 5.43.